The molecule has 0 unspecified atom stereocenters. The van der Waals surface area contributed by atoms with Gasteiger partial charge in [0.1, 0.15) is 11.9 Å². The standard InChI is InChI=1S/C25H33N3O3.C23H27N3O3/c1-3-16-27(2)24(29)15-19-28-17-13-21(14-18-28)31-25(30)26-23-12-8-7-11-22(23)20-9-5-4-6-10-20;1-3-4-22(29)26-17-8-6-16(7-9-17)13-24-14-21(28)18-11-12-20(27)23-19(18)10-5-15(2)25-23/h4-12,21H,3,13-19H2,1-2H3,(H,26,30);5-12,21,24-25,27-28H,2-4,13-14H2,1H3,(H,26,29)/t;21-/m.0/s1. The third kappa shape index (κ3) is 13.6. The predicted molar refractivity (Wildman–Crippen MR) is 241 cm³/mol. The van der Waals surface area contributed by atoms with Crippen molar-refractivity contribution >= 4 is 41.0 Å². The quantitative estimate of drug-likeness (QED) is 0.0611. The summed E-state index contributed by atoms with van der Waals surface area (Å²) in [7, 11) is 1.86. The lowest BCUT2D eigenvalue weighted by Crippen LogP contribution is -2.40. The average Bonchev–Trinajstić information content (AvgIpc) is 3.25. The molecule has 12 nitrogen and oxygen atoms in total. The number of fused-ring (bicyclic) bond motifs is 1. The van der Waals surface area contributed by atoms with Gasteiger partial charge >= 0.3 is 6.09 Å². The number of phenols is 1. The minimum atomic E-state index is -0.727. The second kappa shape index (κ2) is 23.0. The molecule has 1 fully saturated rings. The van der Waals surface area contributed by atoms with Crippen LogP contribution in [0.3, 0.4) is 0 Å². The van der Waals surface area contributed by atoms with Crippen LogP contribution < -0.4 is 21.3 Å². The lowest BCUT2D eigenvalue weighted by molar-refractivity contribution is -0.130. The van der Waals surface area contributed by atoms with Crippen LogP contribution in [0, 0.1) is 0 Å². The van der Waals surface area contributed by atoms with E-state index in [1.165, 1.54) is 0 Å². The Morgan fingerprint density at radius 2 is 1.62 bits per heavy atom. The number of piperidine rings is 1. The van der Waals surface area contributed by atoms with Crippen LogP contribution in [0.4, 0.5) is 21.9 Å². The minimum absolute atomic E-state index is 0.0193. The van der Waals surface area contributed by atoms with E-state index in [0.717, 1.165) is 91.1 Å². The van der Waals surface area contributed by atoms with Crippen LogP contribution in [-0.4, -0.2) is 83.8 Å². The number of aliphatic hydroxyl groups excluding tert-OH is 1. The fourth-order valence-electron chi connectivity index (χ4n) is 7.14. The molecular formula is C48H60N6O6. The molecule has 6 N–H and O–H groups in total. The third-order valence-electron chi connectivity index (χ3n) is 10.4. The van der Waals surface area contributed by atoms with Gasteiger partial charge in [-0.15, -0.1) is 0 Å². The van der Waals surface area contributed by atoms with Crippen molar-refractivity contribution in [2.75, 3.05) is 55.7 Å². The van der Waals surface area contributed by atoms with Crippen molar-refractivity contribution in [2.45, 2.75) is 71.1 Å². The number of nitrogens with one attached hydrogen (secondary N) is 4. The first-order chi connectivity index (χ1) is 29.0. The summed E-state index contributed by atoms with van der Waals surface area (Å²) >= 11 is 0. The lowest BCUT2D eigenvalue weighted by Gasteiger charge is -2.31. The molecule has 2 heterocycles. The Bertz CT molecular complexity index is 2060. The second-order valence-electron chi connectivity index (χ2n) is 15.1. The van der Waals surface area contributed by atoms with Crippen LogP contribution in [0.15, 0.2) is 109 Å². The van der Waals surface area contributed by atoms with Gasteiger partial charge in [0.25, 0.3) is 0 Å². The molecule has 2 aliphatic rings. The van der Waals surface area contributed by atoms with Crippen molar-refractivity contribution in [3.8, 4) is 16.9 Å². The summed E-state index contributed by atoms with van der Waals surface area (Å²) in [5, 5.41) is 32.7. The normalized spacial score (nSPS) is 14.2. The summed E-state index contributed by atoms with van der Waals surface area (Å²) < 4.78 is 5.68. The number of anilines is 3. The summed E-state index contributed by atoms with van der Waals surface area (Å²) in [6.07, 6.45) is 6.83. The number of phenolic OH excluding ortho intramolecular Hbond substituents is 1. The van der Waals surface area contributed by atoms with Crippen molar-refractivity contribution in [3.63, 3.8) is 0 Å². The Labute approximate surface area is 354 Å². The van der Waals surface area contributed by atoms with E-state index in [1.54, 1.807) is 17.0 Å². The van der Waals surface area contributed by atoms with Crippen molar-refractivity contribution in [3.05, 3.63) is 126 Å². The van der Waals surface area contributed by atoms with Crippen LogP contribution in [0.5, 0.6) is 5.75 Å². The fourth-order valence-corrected chi connectivity index (χ4v) is 7.14. The number of benzene rings is 4. The van der Waals surface area contributed by atoms with Gasteiger partial charge in [0, 0.05) is 81.7 Å². The summed E-state index contributed by atoms with van der Waals surface area (Å²) in [6, 6.07) is 28.7. The monoisotopic (exact) mass is 816 g/mol. The van der Waals surface area contributed by atoms with Gasteiger partial charge in [0.2, 0.25) is 11.8 Å². The molecule has 4 aromatic rings. The van der Waals surface area contributed by atoms with E-state index in [2.05, 4.69) is 39.7 Å². The van der Waals surface area contributed by atoms with Gasteiger partial charge in [0.15, 0.2) is 0 Å². The highest BCUT2D eigenvalue weighted by Crippen LogP contribution is 2.37. The average molecular weight is 817 g/mol. The Morgan fingerprint density at radius 1 is 0.900 bits per heavy atom. The molecule has 4 aromatic carbocycles. The second-order valence-corrected chi connectivity index (χ2v) is 15.1. The van der Waals surface area contributed by atoms with E-state index in [-0.39, 0.29) is 23.7 Å². The molecule has 2 aliphatic heterocycles. The van der Waals surface area contributed by atoms with E-state index >= 15 is 0 Å². The Kier molecular flexibility index (Phi) is 17.3. The van der Waals surface area contributed by atoms with Crippen LogP contribution in [0.1, 0.15) is 75.2 Å². The zero-order valence-electron chi connectivity index (χ0n) is 35.1. The summed E-state index contributed by atoms with van der Waals surface area (Å²) in [6.45, 7) is 12.1. The molecule has 0 bridgehead atoms. The molecule has 1 saturated heterocycles. The molecule has 60 heavy (non-hydrogen) atoms. The van der Waals surface area contributed by atoms with Gasteiger partial charge in [-0.1, -0.05) is 93.2 Å². The molecule has 0 saturated carbocycles. The number of amides is 3. The highest BCUT2D eigenvalue weighted by atomic mass is 16.6. The number of para-hydroxylation sites is 1. The van der Waals surface area contributed by atoms with Gasteiger partial charge in [-0.2, -0.15) is 0 Å². The fraction of sp³-hybridized carbons (Fsp3) is 0.354. The molecule has 318 valence electrons. The predicted octanol–water partition coefficient (Wildman–Crippen LogP) is 8.53. The lowest BCUT2D eigenvalue weighted by atomic mass is 9.97. The summed E-state index contributed by atoms with van der Waals surface area (Å²) in [5.74, 6) is 0.336. The Balaban J connectivity index is 0.000000228. The number of ether oxygens (including phenoxy) is 1. The van der Waals surface area contributed by atoms with Crippen LogP contribution in [-0.2, 0) is 20.9 Å². The maximum absolute atomic E-state index is 12.5. The highest BCUT2D eigenvalue weighted by molar-refractivity contribution is 5.92. The largest absolute Gasteiger partial charge is 0.506 e. The van der Waals surface area contributed by atoms with Crippen molar-refractivity contribution in [2.24, 2.45) is 0 Å². The number of aromatic hydroxyl groups is 1. The SMILES string of the molecule is C=C1C=Cc2c([C@@H](O)CNCc3ccc(NC(=O)CCC)cc3)ccc(O)c2N1.CCCN(C)C(=O)CCN1CCC(OC(=O)Nc2ccccc2-c2ccccc2)CC1. The number of allylic oxidation sites excluding steroid dienone is 1. The zero-order chi connectivity index (χ0) is 42.9. The first-order valence-electron chi connectivity index (χ1n) is 20.9. The smallest absolute Gasteiger partial charge is 0.411 e. The number of aliphatic hydroxyl groups is 1. The van der Waals surface area contributed by atoms with E-state index in [1.807, 2.05) is 105 Å². The molecule has 0 aromatic heterocycles. The number of likely N-dealkylation sites (tertiary alicyclic amines) is 1. The first kappa shape index (κ1) is 45.1. The first-order valence-corrected chi connectivity index (χ1v) is 20.9. The number of carbonyl (C=O) groups is 3. The van der Waals surface area contributed by atoms with Crippen LogP contribution >= 0.6 is 0 Å². The van der Waals surface area contributed by atoms with E-state index < -0.39 is 12.2 Å². The van der Waals surface area contributed by atoms with E-state index in [0.29, 0.717) is 37.3 Å². The molecule has 0 aliphatic carbocycles. The van der Waals surface area contributed by atoms with Crippen molar-refractivity contribution < 1.29 is 29.3 Å². The van der Waals surface area contributed by atoms with Gasteiger partial charge in [-0.05, 0) is 72.7 Å². The number of carbonyl (C=O) groups excluding carboxylic acids is 3. The molecule has 12 heteroatoms. The van der Waals surface area contributed by atoms with E-state index in [4.69, 9.17) is 4.74 Å². The van der Waals surface area contributed by atoms with Gasteiger partial charge in [0.05, 0.1) is 17.5 Å². The molecule has 6 rings (SSSR count). The molecule has 0 radical (unpaired) electrons. The summed E-state index contributed by atoms with van der Waals surface area (Å²) in [5.41, 5.74) is 7.33. The topological polar surface area (TPSA) is 156 Å². The maximum Gasteiger partial charge on any atom is 0.411 e. The minimum Gasteiger partial charge on any atom is -0.506 e. The van der Waals surface area contributed by atoms with Crippen molar-refractivity contribution in [1.82, 2.24) is 15.1 Å². The van der Waals surface area contributed by atoms with Crippen molar-refractivity contribution in [1.29, 1.82) is 0 Å². The maximum atomic E-state index is 12.5. The molecule has 1 atom stereocenters. The van der Waals surface area contributed by atoms with Crippen LogP contribution in [0.25, 0.3) is 17.2 Å². The highest BCUT2D eigenvalue weighted by Gasteiger charge is 2.24. The molecular weight excluding hydrogens is 757 g/mol. The van der Waals surface area contributed by atoms with Gasteiger partial charge in [-0.25, -0.2) is 4.79 Å². The zero-order valence-corrected chi connectivity index (χ0v) is 35.1. The van der Waals surface area contributed by atoms with Crippen LogP contribution in [0.2, 0.25) is 0 Å². The number of nitrogens with zero attached hydrogens (tertiary/aromatic N) is 2. The Hall–Kier alpha value is -5.95. The number of hydrogen-bond acceptors (Lipinski definition) is 9. The van der Waals surface area contributed by atoms with E-state index in [9.17, 15) is 24.6 Å². The third-order valence-corrected chi connectivity index (χ3v) is 10.4. The molecule has 0 spiro atoms. The number of rotatable bonds is 16. The molecule has 3 amide bonds. The number of hydrogen-bond donors (Lipinski definition) is 6. The Morgan fingerprint density at radius 3 is 2.33 bits per heavy atom. The van der Waals surface area contributed by atoms with Gasteiger partial charge < -0.3 is 40.7 Å². The van der Waals surface area contributed by atoms with Gasteiger partial charge in [-0.3, -0.25) is 14.9 Å². The summed E-state index contributed by atoms with van der Waals surface area (Å²) in [4.78, 5) is 40.3.